The number of aliphatic hydroxyl groups excluding tert-OH is 1. The molecule has 0 amide bonds. The number of benzene rings is 1. The Morgan fingerprint density at radius 2 is 2.08 bits per heavy atom. The van der Waals surface area contributed by atoms with E-state index in [1.54, 1.807) is 13.0 Å². The Labute approximate surface area is 83.5 Å². The van der Waals surface area contributed by atoms with Crippen LogP contribution in [0.15, 0.2) is 22.7 Å². The first-order chi connectivity index (χ1) is 5.97. The fourth-order valence-corrected chi connectivity index (χ4v) is 1.60. The zero-order valence-corrected chi connectivity index (χ0v) is 8.61. The standard InChI is InChI=1S/C9H9BrF2O/c1-6-4-7(10)2-3-8(6)9(11,12)5-13/h2-4,13H,5H2,1H3. The molecule has 0 aliphatic rings. The minimum atomic E-state index is -3.15. The van der Waals surface area contributed by atoms with Gasteiger partial charge in [0.2, 0.25) is 0 Å². The Balaban J connectivity index is 3.16. The maximum absolute atomic E-state index is 13.0. The number of hydrogen-bond acceptors (Lipinski definition) is 1. The lowest BCUT2D eigenvalue weighted by Crippen LogP contribution is -2.19. The Morgan fingerprint density at radius 3 is 2.54 bits per heavy atom. The third kappa shape index (κ3) is 2.25. The van der Waals surface area contributed by atoms with E-state index in [-0.39, 0.29) is 5.56 Å². The van der Waals surface area contributed by atoms with Crippen molar-refractivity contribution < 1.29 is 13.9 Å². The summed E-state index contributed by atoms with van der Waals surface area (Å²) in [5, 5.41) is 8.48. The van der Waals surface area contributed by atoms with Crippen molar-refractivity contribution in [3.8, 4) is 0 Å². The highest BCUT2D eigenvalue weighted by Gasteiger charge is 2.31. The topological polar surface area (TPSA) is 20.2 Å². The van der Waals surface area contributed by atoms with E-state index in [1.807, 2.05) is 0 Å². The third-order valence-corrected chi connectivity index (χ3v) is 2.27. The van der Waals surface area contributed by atoms with Crippen LogP contribution in [-0.4, -0.2) is 11.7 Å². The molecule has 0 atom stereocenters. The van der Waals surface area contributed by atoms with E-state index in [9.17, 15) is 8.78 Å². The summed E-state index contributed by atoms with van der Waals surface area (Å²) >= 11 is 3.18. The van der Waals surface area contributed by atoms with E-state index in [0.717, 1.165) is 4.47 Å². The van der Waals surface area contributed by atoms with Gasteiger partial charge in [-0.2, -0.15) is 8.78 Å². The fourth-order valence-electron chi connectivity index (χ4n) is 1.12. The van der Waals surface area contributed by atoms with Gasteiger partial charge in [0.1, 0.15) is 6.61 Å². The van der Waals surface area contributed by atoms with Gasteiger partial charge >= 0.3 is 0 Å². The molecule has 0 heterocycles. The van der Waals surface area contributed by atoms with Gasteiger partial charge in [-0.3, -0.25) is 0 Å². The molecule has 0 aliphatic carbocycles. The van der Waals surface area contributed by atoms with Crippen molar-refractivity contribution in [3.05, 3.63) is 33.8 Å². The van der Waals surface area contributed by atoms with Crippen LogP contribution in [0.25, 0.3) is 0 Å². The van der Waals surface area contributed by atoms with E-state index in [1.165, 1.54) is 12.1 Å². The summed E-state index contributed by atoms with van der Waals surface area (Å²) in [4.78, 5) is 0. The van der Waals surface area contributed by atoms with Crippen LogP contribution in [0, 0.1) is 6.92 Å². The van der Waals surface area contributed by atoms with Crippen LogP contribution in [0.5, 0.6) is 0 Å². The zero-order valence-electron chi connectivity index (χ0n) is 7.02. The van der Waals surface area contributed by atoms with Crippen LogP contribution >= 0.6 is 15.9 Å². The van der Waals surface area contributed by atoms with Gasteiger partial charge in [0.25, 0.3) is 5.92 Å². The van der Waals surface area contributed by atoms with Gasteiger partial charge in [-0.25, -0.2) is 0 Å². The number of alkyl halides is 2. The Kier molecular flexibility index (Phi) is 3.03. The monoisotopic (exact) mass is 250 g/mol. The van der Waals surface area contributed by atoms with Gasteiger partial charge in [0, 0.05) is 10.0 Å². The van der Waals surface area contributed by atoms with E-state index in [2.05, 4.69) is 15.9 Å². The highest BCUT2D eigenvalue weighted by molar-refractivity contribution is 9.10. The molecule has 0 saturated heterocycles. The lowest BCUT2D eigenvalue weighted by atomic mass is 10.0. The summed E-state index contributed by atoms with van der Waals surface area (Å²) in [5.74, 6) is -3.15. The highest BCUT2D eigenvalue weighted by Crippen LogP contribution is 2.31. The van der Waals surface area contributed by atoms with Gasteiger partial charge in [0.05, 0.1) is 0 Å². The van der Waals surface area contributed by atoms with E-state index < -0.39 is 12.5 Å². The molecule has 1 N–H and O–H groups in total. The SMILES string of the molecule is Cc1cc(Br)ccc1C(F)(F)CO. The number of halogens is 3. The van der Waals surface area contributed by atoms with E-state index >= 15 is 0 Å². The van der Waals surface area contributed by atoms with Gasteiger partial charge < -0.3 is 5.11 Å². The molecule has 1 aromatic rings. The van der Waals surface area contributed by atoms with Crippen molar-refractivity contribution in [2.45, 2.75) is 12.8 Å². The number of aliphatic hydroxyl groups is 1. The molecule has 0 saturated carbocycles. The molecular weight excluding hydrogens is 242 g/mol. The predicted octanol–water partition coefficient (Wildman–Crippen LogP) is 2.84. The van der Waals surface area contributed by atoms with Crippen LogP contribution in [0.2, 0.25) is 0 Å². The minimum Gasteiger partial charge on any atom is -0.390 e. The average Bonchev–Trinajstić information content (AvgIpc) is 2.03. The summed E-state index contributed by atoms with van der Waals surface area (Å²) in [6.45, 7) is 0.430. The van der Waals surface area contributed by atoms with E-state index in [4.69, 9.17) is 5.11 Å². The van der Waals surface area contributed by atoms with Crippen LogP contribution in [0.4, 0.5) is 8.78 Å². The van der Waals surface area contributed by atoms with Crippen molar-refractivity contribution >= 4 is 15.9 Å². The summed E-state index contributed by atoms with van der Waals surface area (Å²) in [6.07, 6.45) is 0. The van der Waals surface area contributed by atoms with Crippen molar-refractivity contribution in [2.24, 2.45) is 0 Å². The van der Waals surface area contributed by atoms with Crippen molar-refractivity contribution in [3.63, 3.8) is 0 Å². The number of rotatable bonds is 2. The molecule has 0 unspecified atom stereocenters. The van der Waals surface area contributed by atoms with Crippen LogP contribution in [0.1, 0.15) is 11.1 Å². The first-order valence-electron chi connectivity index (χ1n) is 3.72. The molecule has 0 radical (unpaired) electrons. The molecule has 0 fully saturated rings. The van der Waals surface area contributed by atoms with Gasteiger partial charge in [-0.15, -0.1) is 0 Å². The maximum Gasteiger partial charge on any atom is 0.296 e. The Hall–Kier alpha value is -0.480. The molecule has 13 heavy (non-hydrogen) atoms. The van der Waals surface area contributed by atoms with E-state index in [0.29, 0.717) is 5.56 Å². The van der Waals surface area contributed by atoms with Crippen LogP contribution in [0.3, 0.4) is 0 Å². The molecule has 0 bridgehead atoms. The number of hydrogen-bond donors (Lipinski definition) is 1. The fraction of sp³-hybridized carbons (Fsp3) is 0.333. The second-order valence-corrected chi connectivity index (χ2v) is 3.74. The molecule has 1 nitrogen and oxygen atoms in total. The maximum atomic E-state index is 13.0. The molecule has 1 rings (SSSR count). The summed E-state index contributed by atoms with van der Waals surface area (Å²) in [5.41, 5.74) is 0.339. The minimum absolute atomic E-state index is 0.127. The lowest BCUT2D eigenvalue weighted by molar-refractivity contribution is -0.0561. The molecule has 0 spiro atoms. The molecule has 72 valence electrons. The van der Waals surface area contributed by atoms with Crippen molar-refractivity contribution in [1.29, 1.82) is 0 Å². The first kappa shape index (κ1) is 10.6. The Bertz CT molecular complexity index is 312. The third-order valence-electron chi connectivity index (χ3n) is 1.78. The number of aryl methyl sites for hydroxylation is 1. The molecule has 0 aliphatic heterocycles. The second kappa shape index (κ2) is 3.72. The quantitative estimate of drug-likeness (QED) is 0.856. The molecule has 1 aromatic carbocycles. The highest BCUT2D eigenvalue weighted by atomic mass is 79.9. The first-order valence-corrected chi connectivity index (χ1v) is 4.52. The summed E-state index contributed by atoms with van der Waals surface area (Å²) < 4.78 is 26.8. The predicted molar refractivity (Wildman–Crippen MR) is 49.9 cm³/mol. The van der Waals surface area contributed by atoms with Crippen molar-refractivity contribution in [1.82, 2.24) is 0 Å². The molecule has 4 heteroatoms. The summed E-state index contributed by atoms with van der Waals surface area (Å²) in [6, 6.07) is 4.44. The van der Waals surface area contributed by atoms with Crippen molar-refractivity contribution in [2.75, 3.05) is 6.61 Å². The largest absolute Gasteiger partial charge is 0.390 e. The van der Waals surface area contributed by atoms with Gasteiger partial charge in [-0.05, 0) is 24.6 Å². The molecular formula is C9H9BrF2O. The smallest absolute Gasteiger partial charge is 0.296 e. The Morgan fingerprint density at radius 1 is 1.46 bits per heavy atom. The lowest BCUT2D eigenvalue weighted by Gasteiger charge is -2.16. The average molecular weight is 251 g/mol. The zero-order chi connectivity index (χ0) is 10.1. The molecule has 0 aromatic heterocycles. The van der Waals surface area contributed by atoms with Crippen LogP contribution in [-0.2, 0) is 5.92 Å². The summed E-state index contributed by atoms with van der Waals surface area (Å²) in [7, 11) is 0. The van der Waals surface area contributed by atoms with Crippen LogP contribution < -0.4 is 0 Å². The van der Waals surface area contributed by atoms with Gasteiger partial charge in [0.15, 0.2) is 0 Å². The second-order valence-electron chi connectivity index (χ2n) is 2.82. The normalized spacial score (nSPS) is 11.8. The van der Waals surface area contributed by atoms with Gasteiger partial charge in [-0.1, -0.05) is 22.0 Å².